The van der Waals surface area contributed by atoms with Crippen molar-refractivity contribution in [3.8, 4) is 5.75 Å². The second kappa shape index (κ2) is 11.0. The summed E-state index contributed by atoms with van der Waals surface area (Å²) in [7, 11) is 0. The molecule has 1 aromatic heterocycles. The van der Waals surface area contributed by atoms with Gasteiger partial charge in [-0.2, -0.15) is 0 Å². The van der Waals surface area contributed by atoms with Gasteiger partial charge in [0.05, 0.1) is 5.75 Å². The van der Waals surface area contributed by atoms with E-state index in [1.807, 2.05) is 54.0 Å². The molecule has 0 radical (unpaired) electrons. The van der Waals surface area contributed by atoms with Gasteiger partial charge in [0.25, 0.3) is 0 Å². The van der Waals surface area contributed by atoms with Crippen LogP contribution in [0.3, 0.4) is 0 Å². The molecule has 0 aliphatic rings. The van der Waals surface area contributed by atoms with Crippen molar-refractivity contribution in [2.75, 3.05) is 11.1 Å². The predicted molar refractivity (Wildman–Crippen MR) is 130 cm³/mol. The van der Waals surface area contributed by atoms with Crippen LogP contribution in [0.5, 0.6) is 5.75 Å². The van der Waals surface area contributed by atoms with Crippen molar-refractivity contribution in [1.82, 2.24) is 14.8 Å². The topological polar surface area (TPSA) is 69.0 Å². The molecule has 32 heavy (non-hydrogen) atoms. The zero-order valence-corrected chi connectivity index (χ0v) is 19.9. The molecule has 0 saturated heterocycles. The van der Waals surface area contributed by atoms with E-state index < -0.39 is 0 Å². The Balaban J connectivity index is 1.69. The SMILES string of the molecule is C=CCn1c(SCC(=O)Nc2ccccc2CC)nnc1C(C)Oc1ccc(C)c(C)c1. The molecule has 0 bridgehead atoms. The number of nitrogens with one attached hydrogen (secondary N) is 1. The molecule has 0 spiro atoms. The van der Waals surface area contributed by atoms with E-state index in [0.717, 1.165) is 23.4 Å². The van der Waals surface area contributed by atoms with Crippen molar-refractivity contribution in [2.45, 2.75) is 51.9 Å². The highest BCUT2D eigenvalue weighted by Crippen LogP contribution is 2.26. The molecule has 6 nitrogen and oxygen atoms in total. The van der Waals surface area contributed by atoms with Gasteiger partial charge in [-0.25, -0.2) is 0 Å². The second-order valence-electron chi connectivity index (χ2n) is 7.59. The van der Waals surface area contributed by atoms with Crippen molar-refractivity contribution in [3.63, 3.8) is 0 Å². The van der Waals surface area contributed by atoms with Crippen molar-refractivity contribution in [2.24, 2.45) is 0 Å². The molecular weight excluding hydrogens is 420 g/mol. The van der Waals surface area contributed by atoms with Crippen LogP contribution in [-0.4, -0.2) is 26.4 Å². The zero-order chi connectivity index (χ0) is 23.1. The van der Waals surface area contributed by atoms with E-state index in [9.17, 15) is 4.79 Å². The van der Waals surface area contributed by atoms with Gasteiger partial charge in [-0.1, -0.05) is 49.0 Å². The van der Waals surface area contributed by atoms with Gasteiger partial charge in [0.2, 0.25) is 5.91 Å². The quantitative estimate of drug-likeness (QED) is 0.326. The number of hydrogen-bond acceptors (Lipinski definition) is 5. The Kier molecular flexibility index (Phi) is 8.11. The lowest BCUT2D eigenvalue weighted by Crippen LogP contribution is -2.16. The first kappa shape index (κ1) is 23.6. The van der Waals surface area contributed by atoms with E-state index >= 15 is 0 Å². The average Bonchev–Trinajstić information content (AvgIpc) is 3.18. The highest BCUT2D eigenvalue weighted by molar-refractivity contribution is 7.99. The van der Waals surface area contributed by atoms with E-state index in [1.165, 1.54) is 22.9 Å². The first-order valence-corrected chi connectivity index (χ1v) is 11.7. The number of para-hydroxylation sites is 1. The highest BCUT2D eigenvalue weighted by atomic mass is 32.2. The summed E-state index contributed by atoms with van der Waals surface area (Å²) in [6.45, 7) is 12.5. The maximum absolute atomic E-state index is 12.5. The number of ether oxygens (including phenoxy) is 1. The standard InChI is InChI=1S/C25H30N4O2S/c1-6-14-29-24(19(5)31-21-13-12-17(3)18(4)15-21)27-28-25(29)32-16-23(30)26-22-11-9-8-10-20(22)7-2/h6,8-13,15,19H,1,7,14,16H2,2-5H3,(H,26,30). The number of thioether (sulfide) groups is 1. The van der Waals surface area contributed by atoms with E-state index in [2.05, 4.69) is 42.9 Å². The lowest BCUT2D eigenvalue weighted by molar-refractivity contribution is -0.113. The molecule has 2 aromatic carbocycles. The maximum atomic E-state index is 12.5. The minimum absolute atomic E-state index is 0.0787. The molecule has 0 fully saturated rings. The fourth-order valence-corrected chi connectivity index (χ4v) is 4.07. The minimum atomic E-state index is -0.302. The summed E-state index contributed by atoms with van der Waals surface area (Å²) in [4.78, 5) is 12.5. The van der Waals surface area contributed by atoms with Crippen LogP contribution in [0.4, 0.5) is 5.69 Å². The number of carbonyl (C=O) groups is 1. The van der Waals surface area contributed by atoms with Crippen LogP contribution in [0, 0.1) is 13.8 Å². The summed E-state index contributed by atoms with van der Waals surface area (Å²) < 4.78 is 8.06. The summed E-state index contributed by atoms with van der Waals surface area (Å²) in [5.74, 6) is 1.64. The second-order valence-corrected chi connectivity index (χ2v) is 8.54. The van der Waals surface area contributed by atoms with Crippen molar-refractivity contribution in [3.05, 3.63) is 77.6 Å². The van der Waals surface area contributed by atoms with Crippen molar-refractivity contribution < 1.29 is 9.53 Å². The molecule has 3 aromatic rings. The Bertz CT molecular complexity index is 1090. The third-order valence-corrected chi connectivity index (χ3v) is 6.18. The summed E-state index contributed by atoms with van der Waals surface area (Å²) in [5, 5.41) is 12.3. The molecule has 1 unspecified atom stereocenters. The molecule has 0 aliphatic heterocycles. The number of nitrogens with zero attached hydrogens (tertiary/aromatic N) is 3. The van der Waals surface area contributed by atoms with Crippen LogP contribution in [0.1, 0.15) is 42.5 Å². The fourth-order valence-electron chi connectivity index (χ4n) is 3.32. The zero-order valence-electron chi connectivity index (χ0n) is 19.1. The van der Waals surface area contributed by atoms with Gasteiger partial charge in [0.1, 0.15) is 5.75 Å². The first-order valence-electron chi connectivity index (χ1n) is 10.7. The van der Waals surface area contributed by atoms with Crippen LogP contribution < -0.4 is 10.1 Å². The van der Waals surface area contributed by atoms with Crippen LogP contribution >= 0.6 is 11.8 Å². The molecule has 1 atom stereocenters. The highest BCUT2D eigenvalue weighted by Gasteiger charge is 2.20. The van der Waals surface area contributed by atoms with Gasteiger partial charge in [0.15, 0.2) is 17.1 Å². The third kappa shape index (κ3) is 5.79. The molecule has 7 heteroatoms. The molecule has 1 heterocycles. The normalized spacial score (nSPS) is 11.8. The Morgan fingerprint density at radius 3 is 2.72 bits per heavy atom. The number of amides is 1. The summed E-state index contributed by atoms with van der Waals surface area (Å²) in [5.41, 5.74) is 4.36. The van der Waals surface area contributed by atoms with Crippen LogP contribution in [0.15, 0.2) is 60.3 Å². The van der Waals surface area contributed by atoms with Gasteiger partial charge in [-0.05, 0) is 62.1 Å². The number of rotatable bonds is 10. The maximum Gasteiger partial charge on any atom is 0.234 e. The summed E-state index contributed by atoms with van der Waals surface area (Å²) in [6.07, 6.45) is 2.35. The van der Waals surface area contributed by atoms with Crippen LogP contribution in [0.2, 0.25) is 0 Å². The van der Waals surface area contributed by atoms with E-state index in [4.69, 9.17) is 4.74 Å². The number of aryl methyl sites for hydroxylation is 3. The van der Waals surface area contributed by atoms with Crippen molar-refractivity contribution >= 4 is 23.4 Å². The minimum Gasteiger partial charge on any atom is -0.483 e. The lowest BCUT2D eigenvalue weighted by Gasteiger charge is -2.16. The summed E-state index contributed by atoms with van der Waals surface area (Å²) >= 11 is 1.35. The number of aromatic nitrogens is 3. The first-order chi connectivity index (χ1) is 15.4. The van der Waals surface area contributed by atoms with Crippen molar-refractivity contribution in [1.29, 1.82) is 0 Å². The Hall–Kier alpha value is -3.06. The number of carbonyl (C=O) groups excluding carboxylic acids is 1. The fraction of sp³-hybridized carbons (Fsp3) is 0.320. The predicted octanol–water partition coefficient (Wildman–Crippen LogP) is 5.51. The van der Waals surface area contributed by atoms with E-state index in [0.29, 0.717) is 17.5 Å². The molecule has 1 N–H and O–H groups in total. The Morgan fingerprint density at radius 1 is 1.22 bits per heavy atom. The number of hydrogen-bond donors (Lipinski definition) is 1. The largest absolute Gasteiger partial charge is 0.483 e. The summed E-state index contributed by atoms with van der Waals surface area (Å²) in [6, 6.07) is 13.9. The number of allylic oxidation sites excluding steroid dienone is 1. The van der Waals surface area contributed by atoms with E-state index in [1.54, 1.807) is 6.08 Å². The Morgan fingerprint density at radius 2 is 2.00 bits per heavy atom. The number of anilines is 1. The molecule has 1 amide bonds. The molecule has 0 saturated carbocycles. The number of benzene rings is 2. The van der Waals surface area contributed by atoms with Gasteiger partial charge >= 0.3 is 0 Å². The van der Waals surface area contributed by atoms with Gasteiger partial charge < -0.3 is 10.1 Å². The molecule has 168 valence electrons. The smallest absolute Gasteiger partial charge is 0.234 e. The van der Waals surface area contributed by atoms with Crippen LogP contribution in [0.25, 0.3) is 0 Å². The molecular formula is C25H30N4O2S. The monoisotopic (exact) mass is 450 g/mol. The Labute approximate surface area is 194 Å². The molecule has 3 rings (SSSR count). The van der Waals surface area contributed by atoms with Gasteiger partial charge in [-0.3, -0.25) is 9.36 Å². The van der Waals surface area contributed by atoms with E-state index in [-0.39, 0.29) is 17.8 Å². The van der Waals surface area contributed by atoms with Gasteiger partial charge in [0, 0.05) is 12.2 Å². The average molecular weight is 451 g/mol. The molecule has 0 aliphatic carbocycles. The lowest BCUT2D eigenvalue weighted by atomic mass is 10.1. The third-order valence-electron chi connectivity index (χ3n) is 5.22. The van der Waals surface area contributed by atoms with Crippen LogP contribution in [-0.2, 0) is 17.8 Å². The van der Waals surface area contributed by atoms with Gasteiger partial charge in [-0.15, -0.1) is 16.8 Å².